The van der Waals surface area contributed by atoms with E-state index < -0.39 is 44.1 Å². The van der Waals surface area contributed by atoms with Crippen molar-refractivity contribution in [3.8, 4) is 5.88 Å². The van der Waals surface area contributed by atoms with Gasteiger partial charge in [-0.25, -0.2) is 14.3 Å². The molecule has 3 saturated heterocycles. The fourth-order valence-electron chi connectivity index (χ4n) is 4.89. The summed E-state index contributed by atoms with van der Waals surface area (Å²) in [7, 11) is -2.57. The molecular weight excluding hydrogens is 545 g/mol. The SMILES string of the molecule is COc1nc(N)nc2ncn([C@@H]3O[C@H](CO[P@@]4(=O)OCC[C@@H](c5cccc(Cl)c5)O4)[C@H]4OC(=O)O[C@]43C)c12. The third kappa shape index (κ3) is 4.27. The number of hydrogen-bond donors (Lipinski definition) is 1. The summed E-state index contributed by atoms with van der Waals surface area (Å²) in [4.78, 5) is 24.7. The molecule has 3 aliphatic rings. The quantitative estimate of drug-likeness (QED) is 0.339. The minimum atomic E-state index is -3.99. The van der Waals surface area contributed by atoms with Gasteiger partial charge in [-0.1, -0.05) is 23.7 Å². The number of imidazole rings is 1. The molecule has 14 nitrogen and oxygen atoms in total. The first-order valence-corrected chi connectivity index (χ1v) is 13.4. The number of phosphoric acid groups is 1. The maximum atomic E-state index is 13.3. The molecule has 0 amide bonds. The molecule has 202 valence electrons. The fourth-order valence-corrected chi connectivity index (χ4v) is 6.48. The number of aromatic nitrogens is 4. The molecule has 0 unspecified atom stereocenters. The Morgan fingerprint density at radius 1 is 1.34 bits per heavy atom. The third-order valence-electron chi connectivity index (χ3n) is 6.59. The Balaban J connectivity index is 1.25. The largest absolute Gasteiger partial charge is 0.509 e. The summed E-state index contributed by atoms with van der Waals surface area (Å²) in [6.45, 7) is 1.50. The zero-order chi connectivity index (χ0) is 26.7. The van der Waals surface area contributed by atoms with E-state index in [1.807, 2.05) is 6.07 Å². The van der Waals surface area contributed by atoms with Gasteiger partial charge in [0.15, 0.2) is 29.1 Å². The Kier molecular flexibility index (Phi) is 6.21. The third-order valence-corrected chi connectivity index (χ3v) is 8.30. The average molecular weight is 568 g/mol. The summed E-state index contributed by atoms with van der Waals surface area (Å²) in [5.41, 5.74) is 5.81. The highest BCUT2D eigenvalue weighted by Crippen LogP contribution is 2.58. The molecule has 16 heteroatoms. The molecule has 6 rings (SSSR count). The van der Waals surface area contributed by atoms with Crippen LogP contribution in [-0.4, -0.2) is 63.8 Å². The van der Waals surface area contributed by atoms with Crippen LogP contribution in [-0.2, 0) is 32.3 Å². The van der Waals surface area contributed by atoms with Gasteiger partial charge in [-0.3, -0.25) is 18.1 Å². The molecule has 6 atom stereocenters. The number of halogens is 1. The second-order valence-electron chi connectivity index (χ2n) is 9.03. The molecule has 5 heterocycles. The average Bonchev–Trinajstić information content (AvgIpc) is 3.51. The van der Waals surface area contributed by atoms with Crippen molar-refractivity contribution < 1.29 is 41.9 Å². The summed E-state index contributed by atoms with van der Waals surface area (Å²) in [6.07, 6.45) is -2.30. The van der Waals surface area contributed by atoms with Gasteiger partial charge in [0, 0.05) is 11.4 Å². The number of fused-ring (bicyclic) bond motifs is 2. The molecule has 38 heavy (non-hydrogen) atoms. The molecule has 1 aromatic carbocycles. The van der Waals surface area contributed by atoms with E-state index in [2.05, 4.69) is 15.0 Å². The van der Waals surface area contributed by atoms with Crippen molar-refractivity contribution in [2.75, 3.05) is 26.1 Å². The Morgan fingerprint density at radius 3 is 2.97 bits per heavy atom. The predicted octanol–water partition coefficient (Wildman–Crippen LogP) is 3.56. The molecule has 0 spiro atoms. The van der Waals surface area contributed by atoms with Crippen LogP contribution in [0.4, 0.5) is 10.7 Å². The molecule has 2 N–H and O–H groups in total. The number of carbonyl (C=O) groups is 1. The minimum Gasteiger partial charge on any atom is -0.479 e. The Bertz CT molecular complexity index is 1460. The van der Waals surface area contributed by atoms with Crippen LogP contribution in [0.3, 0.4) is 0 Å². The van der Waals surface area contributed by atoms with E-state index in [-0.39, 0.29) is 30.7 Å². The van der Waals surface area contributed by atoms with E-state index in [4.69, 9.17) is 49.9 Å². The van der Waals surface area contributed by atoms with Crippen LogP contribution in [0.5, 0.6) is 5.88 Å². The smallest absolute Gasteiger partial charge is 0.479 e. The van der Waals surface area contributed by atoms with Crippen LogP contribution in [0.1, 0.15) is 31.2 Å². The Hall–Kier alpha value is -3.00. The van der Waals surface area contributed by atoms with E-state index in [1.54, 1.807) is 29.7 Å². The maximum absolute atomic E-state index is 13.3. The van der Waals surface area contributed by atoms with Gasteiger partial charge >= 0.3 is 14.0 Å². The van der Waals surface area contributed by atoms with Gasteiger partial charge in [0.1, 0.15) is 12.4 Å². The molecule has 3 aliphatic heterocycles. The molecular formula is C22H23ClN5O9P. The number of nitrogens with zero attached hydrogens (tertiary/aromatic N) is 4. The highest BCUT2D eigenvalue weighted by molar-refractivity contribution is 7.48. The summed E-state index contributed by atoms with van der Waals surface area (Å²) < 4.78 is 54.2. The molecule has 3 aromatic rings. The molecule has 0 aliphatic carbocycles. The van der Waals surface area contributed by atoms with Gasteiger partial charge in [0.25, 0.3) is 0 Å². The van der Waals surface area contributed by atoms with Crippen LogP contribution in [0.2, 0.25) is 5.02 Å². The highest BCUT2D eigenvalue weighted by atomic mass is 35.5. The number of carbonyl (C=O) groups excluding carboxylic acids is 1. The van der Waals surface area contributed by atoms with Crippen molar-refractivity contribution in [3.63, 3.8) is 0 Å². The van der Waals surface area contributed by atoms with Crippen molar-refractivity contribution in [3.05, 3.63) is 41.2 Å². The fraction of sp³-hybridized carbons (Fsp3) is 0.455. The first kappa shape index (κ1) is 25.3. The lowest BCUT2D eigenvalue weighted by Gasteiger charge is -2.30. The second-order valence-corrected chi connectivity index (χ2v) is 11.1. The van der Waals surface area contributed by atoms with Gasteiger partial charge in [0.2, 0.25) is 11.8 Å². The molecule has 0 bridgehead atoms. The summed E-state index contributed by atoms with van der Waals surface area (Å²) in [5, 5.41) is 0.526. The van der Waals surface area contributed by atoms with Gasteiger partial charge < -0.3 is 24.7 Å². The minimum absolute atomic E-state index is 0.0220. The van der Waals surface area contributed by atoms with Crippen LogP contribution in [0, 0.1) is 0 Å². The van der Waals surface area contributed by atoms with E-state index in [9.17, 15) is 9.36 Å². The maximum Gasteiger partial charge on any atom is 0.509 e. The van der Waals surface area contributed by atoms with Gasteiger partial charge in [-0.15, -0.1) is 0 Å². The number of hydrogen-bond acceptors (Lipinski definition) is 13. The molecule has 0 saturated carbocycles. The molecule has 0 radical (unpaired) electrons. The first-order valence-electron chi connectivity index (χ1n) is 11.6. The van der Waals surface area contributed by atoms with Gasteiger partial charge in [-0.2, -0.15) is 9.97 Å². The van der Waals surface area contributed by atoms with E-state index in [0.29, 0.717) is 17.0 Å². The Morgan fingerprint density at radius 2 is 2.18 bits per heavy atom. The number of nitrogen functional groups attached to an aromatic ring is 1. The van der Waals surface area contributed by atoms with Crippen molar-refractivity contribution in [2.24, 2.45) is 0 Å². The number of rotatable bonds is 6. The van der Waals surface area contributed by atoms with Crippen molar-refractivity contribution in [1.82, 2.24) is 19.5 Å². The summed E-state index contributed by atoms with van der Waals surface area (Å²) in [6, 6.07) is 7.06. The number of benzene rings is 1. The van der Waals surface area contributed by atoms with Crippen LogP contribution < -0.4 is 10.5 Å². The van der Waals surface area contributed by atoms with Crippen molar-refractivity contribution in [2.45, 2.75) is 43.5 Å². The zero-order valence-corrected chi connectivity index (χ0v) is 21.8. The van der Waals surface area contributed by atoms with Crippen molar-refractivity contribution in [1.29, 1.82) is 0 Å². The van der Waals surface area contributed by atoms with E-state index in [1.165, 1.54) is 13.4 Å². The van der Waals surface area contributed by atoms with Gasteiger partial charge in [0.05, 0.1) is 26.4 Å². The number of nitrogens with two attached hydrogens (primary N) is 1. The lowest BCUT2D eigenvalue weighted by Crippen LogP contribution is -2.42. The lowest BCUT2D eigenvalue weighted by molar-refractivity contribution is -0.0924. The zero-order valence-electron chi connectivity index (χ0n) is 20.2. The highest BCUT2D eigenvalue weighted by Gasteiger charge is 2.64. The monoisotopic (exact) mass is 567 g/mol. The number of anilines is 1. The number of methoxy groups -OCH3 is 1. The summed E-state index contributed by atoms with van der Waals surface area (Å²) >= 11 is 6.09. The lowest BCUT2D eigenvalue weighted by atomic mass is 9.96. The van der Waals surface area contributed by atoms with Crippen LogP contribution in [0.15, 0.2) is 30.6 Å². The van der Waals surface area contributed by atoms with Crippen molar-refractivity contribution >= 4 is 42.7 Å². The van der Waals surface area contributed by atoms with E-state index in [0.717, 1.165) is 5.56 Å². The standard InChI is InChI=1S/C22H23ClN5O9P/c1-22-16(35-21(29)36-22)14(34-19(22)28-10-25-17-15(28)18(31-2)27-20(24)26-17)9-33-38(30)32-7-6-13(37-38)11-4-3-5-12(23)8-11/h3-5,8,10,13-14,16,19H,6-7,9H2,1-2H3,(H2,24,26,27)/t13-,14+,16+,19+,22+,38+/m0/s1. The number of ether oxygens (including phenoxy) is 4. The molecule has 3 fully saturated rings. The normalized spacial score (nSPS) is 32.7. The van der Waals surface area contributed by atoms with Gasteiger partial charge in [-0.05, 0) is 24.6 Å². The summed E-state index contributed by atoms with van der Waals surface area (Å²) in [5.74, 6) is 0.130. The molecule has 2 aromatic heterocycles. The van der Waals surface area contributed by atoms with Crippen LogP contribution >= 0.6 is 19.4 Å². The topological polar surface area (TPSA) is 168 Å². The predicted molar refractivity (Wildman–Crippen MR) is 129 cm³/mol. The van der Waals surface area contributed by atoms with Crippen LogP contribution in [0.25, 0.3) is 11.2 Å². The Labute approximate surface area is 220 Å². The second kappa shape index (κ2) is 9.33. The van der Waals surface area contributed by atoms with E-state index >= 15 is 0 Å². The first-order chi connectivity index (χ1) is 18.2. The number of phosphoric ester groups is 1.